The fourth-order valence-corrected chi connectivity index (χ4v) is 2.00. The summed E-state index contributed by atoms with van der Waals surface area (Å²) in [5.74, 6) is 0.0229. The number of amides is 1. The second kappa shape index (κ2) is 10.2. The maximum Gasteiger partial charge on any atom is 0.223 e. The van der Waals surface area contributed by atoms with Crippen LogP contribution >= 0.6 is 0 Å². The number of aliphatic hydroxyl groups excluding tert-OH is 1. The molecule has 1 amide bonds. The van der Waals surface area contributed by atoms with Gasteiger partial charge in [0.2, 0.25) is 5.91 Å². The summed E-state index contributed by atoms with van der Waals surface area (Å²) in [6, 6.07) is -0.604. The van der Waals surface area contributed by atoms with Crippen LogP contribution in [0.2, 0.25) is 0 Å². The minimum absolute atomic E-state index is 0.0229. The van der Waals surface area contributed by atoms with Gasteiger partial charge in [0.1, 0.15) is 0 Å². The first-order chi connectivity index (χ1) is 8.97. The van der Waals surface area contributed by atoms with Crippen LogP contribution in [0.15, 0.2) is 0 Å². The van der Waals surface area contributed by atoms with E-state index in [1.807, 2.05) is 20.8 Å². The molecule has 0 saturated heterocycles. The zero-order valence-electron chi connectivity index (χ0n) is 12.6. The molecule has 3 unspecified atom stereocenters. The Kier molecular flexibility index (Phi) is 9.94. The summed E-state index contributed by atoms with van der Waals surface area (Å²) < 4.78 is 0. The van der Waals surface area contributed by atoms with Crippen molar-refractivity contribution >= 4 is 5.91 Å². The van der Waals surface area contributed by atoms with Crippen LogP contribution in [0.25, 0.3) is 0 Å². The zero-order valence-corrected chi connectivity index (χ0v) is 12.6. The molecular weight excluding hydrogens is 238 g/mol. The molecule has 3 atom stereocenters. The molecule has 0 aromatic rings. The van der Waals surface area contributed by atoms with Gasteiger partial charge in [-0.15, -0.1) is 0 Å². The van der Waals surface area contributed by atoms with E-state index in [1.165, 1.54) is 0 Å². The van der Waals surface area contributed by atoms with E-state index in [4.69, 9.17) is 13.8 Å². The van der Waals surface area contributed by atoms with Gasteiger partial charge in [-0.05, 0) is 46.0 Å². The maximum absolute atomic E-state index is 12.2. The zero-order chi connectivity index (χ0) is 14.8. The molecule has 0 spiro atoms. The van der Waals surface area contributed by atoms with Gasteiger partial charge in [0, 0.05) is 18.5 Å². The number of unbranched alkanes of at least 4 members (excludes halogenated alkanes) is 1. The van der Waals surface area contributed by atoms with E-state index < -0.39 is 0 Å². The van der Waals surface area contributed by atoms with Crippen molar-refractivity contribution in [2.45, 2.75) is 83.9 Å². The first-order valence-corrected chi connectivity index (χ1v) is 7.48. The van der Waals surface area contributed by atoms with Crippen LogP contribution in [0, 0.1) is 13.8 Å². The largest absolute Gasteiger partial charge is 0.393 e. The first kappa shape index (κ1) is 18.4. The van der Waals surface area contributed by atoms with E-state index in [0.717, 1.165) is 25.7 Å². The molecule has 4 radical (unpaired) electrons. The Morgan fingerprint density at radius 2 is 1.58 bits per heavy atom. The number of hydrogen-bond acceptors (Lipinski definition) is 2. The number of rotatable bonds is 10. The van der Waals surface area contributed by atoms with Crippen molar-refractivity contribution in [3.05, 3.63) is 13.8 Å². The molecule has 0 heterocycles. The fourth-order valence-electron chi connectivity index (χ4n) is 2.00. The summed E-state index contributed by atoms with van der Waals surface area (Å²) in [4.78, 5) is 13.8. The molecule has 0 rings (SSSR count). The highest BCUT2D eigenvalue weighted by Gasteiger charge is 2.23. The van der Waals surface area contributed by atoms with Gasteiger partial charge in [-0.25, -0.2) is 0 Å². The smallest absolute Gasteiger partial charge is 0.223 e. The van der Waals surface area contributed by atoms with Crippen molar-refractivity contribution in [2.24, 2.45) is 0 Å². The Balaban J connectivity index is 4.18. The normalized spacial score (nSPS) is 15.9. The number of nitrogens with zero attached hydrogens (tertiary/aromatic N) is 1. The Morgan fingerprint density at radius 3 is 2.00 bits per heavy atom. The quantitative estimate of drug-likeness (QED) is 0.618. The minimum atomic E-state index is -0.302. The van der Waals surface area contributed by atoms with E-state index in [0.29, 0.717) is 19.3 Å². The summed E-state index contributed by atoms with van der Waals surface area (Å²) >= 11 is 0. The second-order valence-electron chi connectivity index (χ2n) is 5.06. The van der Waals surface area contributed by atoms with Gasteiger partial charge in [-0.2, -0.15) is 0 Å². The summed E-state index contributed by atoms with van der Waals surface area (Å²) in [7, 11) is 0. The van der Waals surface area contributed by atoms with Gasteiger partial charge in [0.25, 0.3) is 0 Å². The fraction of sp³-hybridized carbons (Fsp3) is 0.812. The molecule has 0 aliphatic carbocycles. The third-order valence-electron chi connectivity index (χ3n) is 3.49. The molecule has 0 fully saturated rings. The lowest BCUT2D eigenvalue weighted by Crippen LogP contribution is -2.44. The Bertz CT molecular complexity index is 233. The topological polar surface area (TPSA) is 40.5 Å². The Morgan fingerprint density at radius 1 is 1.05 bits per heavy atom. The Labute approximate surface area is 119 Å². The van der Waals surface area contributed by atoms with Crippen molar-refractivity contribution < 1.29 is 9.90 Å². The van der Waals surface area contributed by atoms with E-state index in [9.17, 15) is 9.90 Å². The van der Waals surface area contributed by atoms with Crippen LogP contribution in [0.4, 0.5) is 0 Å². The van der Waals surface area contributed by atoms with Crippen LogP contribution in [-0.4, -0.2) is 34.1 Å². The molecule has 19 heavy (non-hydrogen) atoms. The number of aliphatic hydroxyl groups is 1. The number of carbonyl (C=O) groups excluding carboxylic acids is 1. The predicted octanol–water partition coefficient (Wildman–Crippen LogP) is 3.13. The molecule has 0 bridgehead atoms. The number of carbonyl (C=O) groups is 1. The van der Waals surface area contributed by atoms with Crippen molar-refractivity contribution in [3.63, 3.8) is 0 Å². The predicted molar refractivity (Wildman–Crippen MR) is 78.4 cm³/mol. The first-order valence-electron chi connectivity index (χ1n) is 7.48. The van der Waals surface area contributed by atoms with Gasteiger partial charge in [-0.3, -0.25) is 4.79 Å². The van der Waals surface area contributed by atoms with Gasteiger partial charge >= 0.3 is 0 Å². The SMILES string of the molecule is [CH]C(CC)N(C(=O)CCCCC(O)CC)C([CH])CC. The van der Waals surface area contributed by atoms with Crippen LogP contribution in [0.1, 0.15) is 65.7 Å². The Hall–Kier alpha value is -0.570. The average molecular weight is 267 g/mol. The molecule has 110 valence electrons. The van der Waals surface area contributed by atoms with Crippen LogP contribution in [0.5, 0.6) is 0 Å². The van der Waals surface area contributed by atoms with Crippen molar-refractivity contribution in [3.8, 4) is 0 Å². The van der Waals surface area contributed by atoms with E-state index in [1.54, 1.807) is 4.90 Å². The highest BCUT2D eigenvalue weighted by atomic mass is 16.3. The van der Waals surface area contributed by atoms with Gasteiger partial charge in [0.05, 0.1) is 6.10 Å². The molecule has 0 aromatic heterocycles. The lowest BCUT2D eigenvalue weighted by molar-refractivity contribution is -0.134. The number of hydrogen-bond donors (Lipinski definition) is 1. The lowest BCUT2D eigenvalue weighted by Gasteiger charge is -2.33. The van der Waals surface area contributed by atoms with Gasteiger partial charge in [0.15, 0.2) is 0 Å². The third-order valence-corrected chi connectivity index (χ3v) is 3.49. The molecule has 0 aromatic carbocycles. The van der Waals surface area contributed by atoms with Crippen LogP contribution in [0.3, 0.4) is 0 Å². The van der Waals surface area contributed by atoms with Gasteiger partial charge in [-0.1, -0.05) is 27.2 Å². The third kappa shape index (κ3) is 6.95. The molecule has 0 aliphatic rings. The van der Waals surface area contributed by atoms with Crippen LogP contribution in [-0.2, 0) is 4.79 Å². The second-order valence-corrected chi connectivity index (χ2v) is 5.06. The summed E-state index contributed by atoms with van der Waals surface area (Å²) in [6.45, 7) is 17.8. The summed E-state index contributed by atoms with van der Waals surface area (Å²) in [5, 5.41) is 9.45. The van der Waals surface area contributed by atoms with Crippen molar-refractivity contribution in [2.75, 3.05) is 0 Å². The summed E-state index contributed by atoms with van der Waals surface area (Å²) in [6.07, 6.45) is 4.77. The molecule has 0 saturated carbocycles. The van der Waals surface area contributed by atoms with Crippen LogP contribution < -0.4 is 0 Å². The summed E-state index contributed by atoms with van der Waals surface area (Å²) in [5.41, 5.74) is 0. The molecule has 3 heteroatoms. The minimum Gasteiger partial charge on any atom is -0.393 e. The standard InChI is InChI=1S/C16H29NO2/c1-6-13(4)17(14(5)7-2)16(19)12-10-9-11-15(18)8-3/h4-5,13-15,18H,6-12H2,1-3H3. The molecule has 1 N–H and O–H groups in total. The van der Waals surface area contributed by atoms with E-state index >= 15 is 0 Å². The highest BCUT2D eigenvalue weighted by Crippen LogP contribution is 2.15. The van der Waals surface area contributed by atoms with Crippen molar-refractivity contribution in [1.82, 2.24) is 4.90 Å². The molecule has 0 aliphatic heterocycles. The molecule has 3 nitrogen and oxygen atoms in total. The lowest BCUT2D eigenvalue weighted by atomic mass is 10.1. The average Bonchev–Trinajstić information content (AvgIpc) is 2.42. The monoisotopic (exact) mass is 267 g/mol. The van der Waals surface area contributed by atoms with Gasteiger partial charge < -0.3 is 10.0 Å². The van der Waals surface area contributed by atoms with Crippen molar-refractivity contribution in [1.29, 1.82) is 0 Å². The molecular formula is C16H29NO2. The maximum atomic E-state index is 12.2. The highest BCUT2D eigenvalue weighted by molar-refractivity contribution is 5.77. The van der Waals surface area contributed by atoms with E-state index in [-0.39, 0.29) is 24.1 Å². The van der Waals surface area contributed by atoms with E-state index in [2.05, 4.69) is 0 Å².